The van der Waals surface area contributed by atoms with Crippen LogP contribution in [-0.2, 0) is 0 Å². The maximum atomic E-state index is 12.1. The third kappa shape index (κ3) is 7.62. The van der Waals surface area contributed by atoms with Gasteiger partial charge in [0.05, 0.1) is 6.54 Å². The summed E-state index contributed by atoms with van der Waals surface area (Å²) in [5.74, 6) is 0.340. The standard InChI is InChI=1S/C10H21F3N2/c1-3-9(7-14)5-6-15(4-2)8-10(11,12)13/h9H,3-8,14H2,1-2H3. The van der Waals surface area contributed by atoms with Crippen molar-refractivity contribution in [3.63, 3.8) is 0 Å². The lowest BCUT2D eigenvalue weighted by Gasteiger charge is -2.23. The lowest BCUT2D eigenvalue weighted by molar-refractivity contribution is -0.145. The van der Waals surface area contributed by atoms with E-state index >= 15 is 0 Å². The fourth-order valence-electron chi connectivity index (χ4n) is 1.46. The Morgan fingerprint density at radius 1 is 1.27 bits per heavy atom. The van der Waals surface area contributed by atoms with Gasteiger partial charge in [0.25, 0.3) is 0 Å². The molecule has 92 valence electrons. The molecule has 0 spiro atoms. The summed E-state index contributed by atoms with van der Waals surface area (Å²) in [4.78, 5) is 1.42. The average molecular weight is 226 g/mol. The maximum Gasteiger partial charge on any atom is 0.401 e. The van der Waals surface area contributed by atoms with Gasteiger partial charge in [-0.15, -0.1) is 0 Å². The lowest BCUT2D eigenvalue weighted by Crippen LogP contribution is -2.36. The average Bonchev–Trinajstić information content (AvgIpc) is 2.15. The van der Waals surface area contributed by atoms with Gasteiger partial charge in [-0.3, -0.25) is 4.90 Å². The molecule has 0 saturated heterocycles. The second kappa shape index (κ2) is 7.06. The Labute approximate surface area is 89.6 Å². The summed E-state index contributed by atoms with van der Waals surface area (Å²) < 4.78 is 36.3. The zero-order chi connectivity index (χ0) is 11.9. The van der Waals surface area contributed by atoms with E-state index in [2.05, 4.69) is 0 Å². The number of halogens is 3. The molecule has 0 bridgehead atoms. The molecule has 1 unspecified atom stereocenters. The van der Waals surface area contributed by atoms with Crippen molar-refractivity contribution in [2.24, 2.45) is 11.7 Å². The fraction of sp³-hybridized carbons (Fsp3) is 1.00. The minimum absolute atomic E-state index is 0.340. The Balaban J connectivity index is 3.89. The van der Waals surface area contributed by atoms with Gasteiger partial charge in [0.2, 0.25) is 0 Å². The van der Waals surface area contributed by atoms with E-state index in [4.69, 9.17) is 5.73 Å². The van der Waals surface area contributed by atoms with Crippen molar-refractivity contribution in [1.29, 1.82) is 0 Å². The van der Waals surface area contributed by atoms with Gasteiger partial charge in [0, 0.05) is 0 Å². The lowest BCUT2D eigenvalue weighted by atomic mass is 10.0. The van der Waals surface area contributed by atoms with Gasteiger partial charge in [0.1, 0.15) is 0 Å². The molecular weight excluding hydrogens is 205 g/mol. The monoisotopic (exact) mass is 226 g/mol. The van der Waals surface area contributed by atoms with Crippen LogP contribution in [0.25, 0.3) is 0 Å². The number of hydrogen-bond donors (Lipinski definition) is 1. The molecule has 0 fully saturated rings. The third-order valence-electron chi connectivity index (χ3n) is 2.61. The zero-order valence-corrected chi connectivity index (χ0v) is 9.48. The first-order chi connectivity index (χ1) is 6.92. The molecule has 2 nitrogen and oxygen atoms in total. The van der Waals surface area contributed by atoms with Crippen LogP contribution in [0.5, 0.6) is 0 Å². The van der Waals surface area contributed by atoms with Gasteiger partial charge in [-0.25, -0.2) is 0 Å². The molecule has 0 aromatic rings. The van der Waals surface area contributed by atoms with E-state index in [9.17, 15) is 13.2 Å². The molecule has 0 aliphatic carbocycles. The first-order valence-corrected chi connectivity index (χ1v) is 5.42. The highest BCUT2D eigenvalue weighted by Crippen LogP contribution is 2.17. The molecule has 0 aromatic carbocycles. The molecule has 0 aliphatic heterocycles. The second-order valence-corrected chi connectivity index (χ2v) is 3.78. The van der Waals surface area contributed by atoms with E-state index in [0.29, 0.717) is 25.6 Å². The van der Waals surface area contributed by atoms with E-state index in [1.54, 1.807) is 6.92 Å². The summed E-state index contributed by atoms with van der Waals surface area (Å²) >= 11 is 0. The molecule has 2 N–H and O–H groups in total. The topological polar surface area (TPSA) is 29.3 Å². The Morgan fingerprint density at radius 2 is 1.87 bits per heavy atom. The first-order valence-electron chi connectivity index (χ1n) is 5.42. The molecule has 0 rings (SSSR count). The van der Waals surface area contributed by atoms with Crippen LogP contribution in [0.15, 0.2) is 0 Å². The Hall–Kier alpha value is -0.290. The van der Waals surface area contributed by atoms with Gasteiger partial charge in [0.15, 0.2) is 0 Å². The van der Waals surface area contributed by atoms with E-state index in [1.807, 2.05) is 6.92 Å². The van der Waals surface area contributed by atoms with Crippen LogP contribution in [0, 0.1) is 5.92 Å². The van der Waals surface area contributed by atoms with Crippen LogP contribution in [-0.4, -0.2) is 37.3 Å². The zero-order valence-electron chi connectivity index (χ0n) is 9.48. The molecule has 0 aliphatic rings. The predicted octanol–water partition coefficient (Wildman–Crippen LogP) is 2.25. The summed E-state index contributed by atoms with van der Waals surface area (Å²) in [7, 11) is 0. The Morgan fingerprint density at radius 3 is 2.20 bits per heavy atom. The third-order valence-corrected chi connectivity index (χ3v) is 2.61. The Kier molecular flexibility index (Phi) is 6.92. The van der Waals surface area contributed by atoms with E-state index in [-0.39, 0.29) is 0 Å². The highest BCUT2D eigenvalue weighted by molar-refractivity contribution is 4.65. The maximum absolute atomic E-state index is 12.1. The van der Waals surface area contributed by atoms with Crippen LogP contribution in [0.3, 0.4) is 0 Å². The van der Waals surface area contributed by atoms with Crippen molar-refractivity contribution in [2.45, 2.75) is 32.9 Å². The highest BCUT2D eigenvalue weighted by atomic mass is 19.4. The summed E-state index contributed by atoms with van der Waals surface area (Å²) in [5.41, 5.74) is 5.50. The van der Waals surface area contributed by atoms with Crippen molar-refractivity contribution in [3.05, 3.63) is 0 Å². The van der Waals surface area contributed by atoms with Gasteiger partial charge >= 0.3 is 6.18 Å². The van der Waals surface area contributed by atoms with Crippen LogP contribution in [0.1, 0.15) is 26.7 Å². The molecule has 0 aromatic heterocycles. The quantitative estimate of drug-likeness (QED) is 0.721. The number of nitrogens with zero attached hydrogens (tertiary/aromatic N) is 1. The number of rotatable bonds is 7. The fourth-order valence-corrected chi connectivity index (χ4v) is 1.46. The number of hydrogen-bond acceptors (Lipinski definition) is 2. The van der Waals surface area contributed by atoms with Gasteiger partial charge in [-0.1, -0.05) is 20.3 Å². The van der Waals surface area contributed by atoms with Crippen molar-refractivity contribution in [2.75, 3.05) is 26.2 Å². The van der Waals surface area contributed by atoms with Crippen molar-refractivity contribution >= 4 is 0 Å². The van der Waals surface area contributed by atoms with Crippen molar-refractivity contribution in [3.8, 4) is 0 Å². The minimum Gasteiger partial charge on any atom is -0.330 e. The predicted molar refractivity (Wildman–Crippen MR) is 55.6 cm³/mol. The van der Waals surface area contributed by atoms with Gasteiger partial charge in [-0.2, -0.15) is 13.2 Å². The van der Waals surface area contributed by atoms with Crippen LogP contribution in [0.4, 0.5) is 13.2 Å². The summed E-state index contributed by atoms with van der Waals surface area (Å²) in [5, 5.41) is 0. The molecule has 1 atom stereocenters. The first kappa shape index (κ1) is 14.7. The summed E-state index contributed by atoms with van der Waals surface area (Å²) in [6.07, 6.45) is -2.42. The number of alkyl halides is 3. The minimum atomic E-state index is -4.10. The Bertz CT molecular complexity index is 155. The molecule has 0 heterocycles. The molecule has 0 radical (unpaired) electrons. The highest BCUT2D eigenvalue weighted by Gasteiger charge is 2.29. The molecule has 5 heteroatoms. The molecular formula is C10H21F3N2. The van der Waals surface area contributed by atoms with Crippen LogP contribution >= 0.6 is 0 Å². The van der Waals surface area contributed by atoms with Gasteiger partial charge < -0.3 is 5.73 Å². The largest absolute Gasteiger partial charge is 0.401 e. The second-order valence-electron chi connectivity index (χ2n) is 3.78. The SMILES string of the molecule is CCC(CN)CCN(CC)CC(F)(F)F. The smallest absolute Gasteiger partial charge is 0.330 e. The van der Waals surface area contributed by atoms with Crippen molar-refractivity contribution in [1.82, 2.24) is 4.90 Å². The number of nitrogens with two attached hydrogens (primary N) is 1. The van der Waals surface area contributed by atoms with Crippen LogP contribution < -0.4 is 5.73 Å². The summed E-state index contributed by atoms with van der Waals surface area (Å²) in [6, 6.07) is 0. The van der Waals surface area contributed by atoms with E-state index in [1.165, 1.54) is 4.90 Å². The van der Waals surface area contributed by atoms with Crippen LogP contribution in [0.2, 0.25) is 0 Å². The van der Waals surface area contributed by atoms with Gasteiger partial charge in [-0.05, 0) is 32.0 Å². The van der Waals surface area contributed by atoms with E-state index < -0.39 is 12.7 Å². The molecule has 0 saturated carbocycles. The molecule has 0 amide bonds. The van der Waals surface area contributed by atoms with Crippen molar-refractivity contribution < 1.29 is 13.2 Å². The molecule has 15 heavy (non-hydrogen) atoms. The summed E-state index contributed by atoms with van der Waals surface area (Å²) in [6.45, 7) is 4.41. The van der Waals surface area contributed by atoms with E-state index in [0.717, 1.165) is 12.8 Å². The normalized spacial score (nSPS) is 14.6.